The number of hydrogen-bond donors (Lipinski definition) is 1. The fourth-order valence-electron chi connectivity index (χ4n) is 7.64. The molecule has 0 aliphatic heterocycles. The Morgan fingerprint density at radius 1 is 1.16 bits per heavy atom. The van der Waals surface area contributed by atoms with Crippen LogP contribution in [0, 0.1) is 40.4 Å². The summed E-state index contributed by atoms with van der Waals surface area (Å²) in [5.74, 6) is 2.35. The second kappa shape index (κ2) is 5.77. The zero-order valence-electron chi connectivity index (χ0n) is 15.7. The summed E-state index contributed by atoms with van der Waals surface area (Å²) >= 11 is 0. The predicted molar refractivity (Wildman–Crippen MR) is 96.8 cm³/mol. The molecule has 4 aliphatic carbocycles. The van der Waals surface area contributed by atoms with Gasteiger partial charge in [-0.05, 0) is 62.2 Å². The highest BCUT2D eigenvalue weighted by atomic mass is 16.3. The number of hydrogen-bond acceptors (Lipinski definition) is 3. The zero-order chi connectivity index (χ0) is 18.0. The van der Waals surface area contributed by atoms with E-state index >= 15 is 0 Å². The third kappa shape index (κ3) is 2.14. The average molecular weight is 344 g/mol. The van der Waals surface area contributed by atoms with E-state index in [1.165, 1.54) is 5.57 Å². The van der Waals surface area contributed by atoms with Crippen LogP contribution in [0.1, 0.15) is 65.2 Å². The summed E-state index contributed by atoms with van der Waals surface area (Å²) in [6, 6.07) is 0. The molecule has 7 atom stereocenters. The molecule has 4 saturated carbocycles. The number of aliphatic hydroxyl groups excluding tert-OH is 1. The molecule has 1 N–H and O–H groups in total. The van der Waals surface area contributed by atoms with Crippen molar-refractivity contribution >= 4 is 11.6 Å². The Kier molecular flexibility index (Phi) is 4.03. The summed E-state index contributed by atoms with van der Waals surface area (Å²) in [4.78, 5) is 25.1. The van der Waals surface area contributed by atoms with Gasteiger partial charge in [0.25, 0.3) is 0 Å². The molecule has 4 fully saturated rings. The zero-order valence-corrected chi connectivity index (χ0v) is 15.7. The van der Waals surface area contributed by atoms with Gasteiger partial charge in [0.05, 0.1) is 0 Å². The maximum absolute atomic E-state index is 12.6. The van der Waals surface area contributed by atoms with E-state index < -0.39 is 0 Å². The van der Waals surface area contributed by atoms with Gasteiger partial charge in [0.15, 0.2) is 0 Å². The fourth-order valence-corrected chi connectivity index (χ4v) is 7.64. The van der Waals surface area contributed by atoms with Gasteiger partial charge in [-0.15, -0.1) is 0 Å². The molecule has 3 nitrogen and oxygen atoms in total. The number of carbonyl (C=O) groups is 2. The summed E-state index contributed by atoms with van der Waals surface area (Å²) in [7, 11) is 0. The van der Waals surface area contributed by atoms with Crippen molar-refractivity contribution in [3.8, 4) is 0 Å². The van der Waals surface area contributed by atoms with E-state index in [9.17, 15) is 14.7 Å². The first-order valence-corrected chi connectivity index (χ1v) is 10.2. The van der Waals surface area contributed by atoms with Crippen LogP contribution in [0.15, 0.2) is 12.2 Å². The van der Waals surface area contributed by atoms with Crippen LogP contribution in [0.4, 0.5) is 0 Å². The molecule has 0 saturated heterocycles. The van der Waals surface area contributed by atoms with Gasteiger partial charge in [-0.25, -0.2) is 0 Å². The normalized spacial score (nSPS) is 49.6. The van der Waals surface area contributed by atoms with Crippen molar-refractivity contribution in [3.63, 3.8) is 0 Å². The van der Waals surface area contributed by atoms with Crippen molar-refractivity contribution < 1.29 is 14.7 Å². The van der Waals surface area contributed by atoms with Crippen LogP contribution in [0.3, 0.4) is 0 Å². The standard InChI is InChI=1S/C22H32O3/c1-4-14-18(24)8-10-22(12-23)17-7-9-21(3)16(5-6-19(21)25)15(17)11-13(2)20(14)22/h14-17,20,23H,2,4-12H2,1,3H3. The molecular formula is C22H32O3. The van der Waals surface area contributed by atoms with Gasteiger partial charge >= 0.3 is 0 Å². The topological polar surface area (TPSA) is 54.4 Å². The Labute approximate surface area is 151 Å². The summed E-state index contributed by atoms with van der Waals surface area (Å²) in [6.45, 7) is 8.87. The number of ketones is 2. The van der Waals surface area contributed by atoms with Crippen LogP contribution < -0.4 is 0 Å². The number of Topliss-reactive ketones (excluding diaryl/α,β-unsaturated/α-hetero) is 2. The van der Waals surface area contributed by atoms with Crippen LogP contribution in [0.5, 0.6) is 0 Å². The van der Waals surface area contributed by atoms with Crippen LogP contribution in [0.25, 0.3) is 0 Å². The quantitative estimate of drug-likeness (QED) is 0.772. The largest absolute Gasteiger partial charge is 0.396 e. The molecule has 0 aromatic rings. The van der Waals surface area contributed by atoms with Crippen LogP contribution in [-0.2, 0) is 9.59 Å². The lowest BCUT2D eigenvalue weighted by molar-refractivity contribution is -0.154. The molecule has 3 heteroatoms. The number of fused-ring (bicyclic) bond motifs is 5. The Morgan fingerprint density at radius 2 is 1.92 bits per heavy atom. The fraction of sp³-hybridized carbons (Fsp3) is 0.818. The first kappa shape index (κ1) is 17.5. The van der Waals surface area contributed by atoms with Crippen LogP contribution in [-0.4, -0.2) is 23.3 Å². The Balaban J connectivity index is 1.76. The second-order valence-electron chi connectivity index (χ2n) is 9.51. The molecule has 0 aromatic carbocycles. The Bertz CT molecular complexity index is 623. The maximum Gasteiger partial charge on any atom is 0.139 e. The van der Waals surface area contributed by atoms with Crippen molar-refractivity contribution in [1.29, 1.82) is 0 Å². The highest BCUT2D eigenvalue weighted by Gasteiger charge is 2.63. The molecule has 0 aromatic heterocycles. The third-order valence-electron chi connectivity index (χ3n) is 8.83. The Hall–Kier alpha value is -0.960. The van der Waals surface area contributed by atoms with Crippen LogP contribution >= 0.6 is 0 Å². The average Bonchev–Trinajstić information content (AvgIpc) is 2.91. The van der Waals surface area contributed by atoms with Gasteiger partial charge in [0.2, 0.25) is 0 Å². The first-order valence-electron chi connectivity index (χ1n) is 10.2. The number of aliphatic hydroxyl groups is 1. The van der Waals surface area contributed by atoms with Gasteiger partial charge in [-0.3, -0.25) is 9.59 Å². The van der Waals surface area contributed by atoms with E-state index in [0.29, 0.717) is 35.7 Å². The van der Waals surface area contributed by atoms with Gasteiger partial charge < -0.3 is 5.11 Å². The van der Waals surface area contributed by atoms with Crippen molar-refractivity contribution in [2.75, 3.05) is 6.61 Å². The third-order valence-corrected chi connectivity index (χ3v) is 8.83. The maximum atomic E-state index is 12.6. The van der Waals surface area contributed by atoms with Crippen molar-refractivity contribution in [2.45, 2.75) is 65.2 Å². The number of rotatable bonds is 2. The van der Waals surface area contributed by atoms with Gasteiger partial charge in [0.1, 0.15) is 11.6 Å². The smallest absolute Gasteiger partial charge is 0.139 e. The van der Waals surface area contributed by atoms with E-state index in [1.54, 1.807) is 0 Å². The molecule has 0 heterocycles. The molecule has 25 heavy (non-hydrogen) atoms. The minimum absolute atomic E-state index is 0.0351. The minimum Gasteiger partial charge on any atom is -0.396 e. The molecule has 0 spiro atoms. The van der Waals surface area contributed by atoms with Crippen molar-refractivity contribution in [1.82, 2.24) is 0 Å². The lowest BCUT2D eigenvalue weighted by atomic mass is 9.42. The van der Waals surface area contributed by atoms with E-state index in [2.05, 4.69) is 20.4 Å². The number of allylic oxidation sites excluding steroid dienone is 1. The summed E-state index contributed by atoms with van der Waals surface area (Å²) < 4.78 is 0. The highest BCUT2D eigenvalue weighted by Crippen LogP contribution is 2.67. The molecule has 138 valence electrons. The first-order chi connectivity index (χ1) is 11.9. The van der Waals surface area contributed by atoms with Crippen LogP contribution in [0.2, 0.25) is 0 Å². The van der Waals surface area contributed by atoms with Crippen molar-refractivity contribution in [3.05, 3.63) is 12.2 Å². The summed E-state index contributed by atoms with van der Waals surface area (Å²) in [5.41, 5.74) is 0.847. The van der Waals surface area contributed by atoms with Crippen molar-refractivity contribution in [2.24, 2.45) is 40.4 Å². The minimum atomic E-state index is -0.179. The van der Waals surface area contributed by atoms with Gasteiger partial charge in [-0.2, -0.15) is 0 Å². The molecule has 7 unspecified atom stereocenters. The van der Waals surface area contributed by atoms with Gasteiger partial charge in [-0.1, -0.05) is 26.0 Å². The molecule has 0 radical (unpaired) electrons. The molecule has 0 amide bonds. The van der Waals surface area contributed by atoms with E-state index in [1.807, 2.05) is 0 Å². The summed E-state index contributed by atoms with van der Waals surface area (Å²) in [5, 5.41) is 10.6. The molecular weight excluding hydrogens is 312 g/mol. The second-order valence-corrected chi connectivity index (χ2v) is 9.51. The van der Waals surface area contributed by atoms with E-state index in [-0.39, 0.29) is 29.3 Å². The summed E-state index contributed by atoms with van der Waals surface area (Å²) in [6.07, 6.45) is 6.93. The van der Waals surface area contributed by atoms with Gasteiger partial charge in [0, 0.05) is 36.2 Å². The molecule has 4 rings (SSSR count). The SMILES string of the molecule is C=C1CC2C3CCC(=O)C3(C)CCC2C2(CO)CCC(=O)C(CC)C12. The number of carbonyl (C=O) groups excluding carboxylic acids is 2. The molecule has 0 bridgehead atoms. The van der Waals surface area contributed by atoms with E-state index in [4.69, 9.17) is 0 Å². The Morgan fingerprint density at radius 3 is 2.60 bits per heavy atom. The monoisotopic (exact) mass is 344 g/mol. The van der Waals surface area contributed by atoms with E-state index in [0.717, 1.165) is 44.9 Å². The lowest BCUT2D eigenvalue weighted by Gasteiger charge is -2.62. The predicted octanol–water partition coefficient (Wildman–Crippen LogP) is 3.94. The lowest BCUT2D eigenvalue weighted by Crippen LogP contribution is -2.59. The molecule has 4 aliphatic rings. The highest BCUT2D eigenvalue weighted by molar-refractivity contribution is 5.87.